The molecule has 218 valence electrons. The number of carboxylic acid groups (broad SMARTS) is 6. The first-order valence-corrected chi connectivity index (χ1v) is 10.4. The first-order valence-electron chi connectivity index (χ1n) is 10.4. The van der Waals surface area contributed by atoms with Crippen LogP contribution in [0.3, 0.4) is 0 Å². The predicted molar refractivity (Wildman–Crippen MR) is 111 cm³/mol. The van der Waals surface area contributed by atoms with Crippen LogP contribution in [0, 0.1) is 0 Å². The van der Waals surface area contributed by atoms with Gasteiger partial charge in [-0.2, -0.15) is 0 Å². The minimum Gasteiger partial charge on any atom is -0.845 e. The molecule has 0 saturated carbocycles. The molecule has 0 N–H and O–H groups in total. The number of likely N-dealkylation sites (N-methyl/N-ethyl adjacent to an activating group) is 3. The largest absolute Gasteiger partial charge is 1.00 e. The minimum atomic E-state index is -3.22. The van der Waals surface area contributed by atoms with Crippen molar-refractivity contribution in [2.45, 2.75) is 18.4 Å². The van der Waals surface area contributed by atoms with Gasteiger partial charge in [0, 0.05) is 17.9 Å². The second-order valence-corrected chi connectivity index (χ2v) is 10.8. The van der Waals surface area contributed by atoms with E-state index in [1.165, 1.54) is 0 Å². The number of carbonyl (C=O) groups excluding carboxylic acids is 6. The van der Waals surface area contributed by atoms with Crippen molar-refractivity contribution in [1.29, 1.82) is 0 Å². The van der Waals surface area contributed by atoms with Gasteiger partial charge in [-0.15, -0.1) is 0 Å². The summed E-state index contributed by atoms with van der Waals surface area (Å²) in [7, 11) is 16.2. The van der Waals surface area contributed by atoms with Crippen LogP contribution in [0.5, 0.6) is 0 Å². The Morgan fingerprint density at radius 1 is 0.439 bits per heavy atom. The summed E-state index contributed by atoms with van der Waals surface area (Å²) in [6.07, 6.45) is -2.94. The summed E-state index contributed by atoms with van der Waals surface area (Å²) in [5.74, 6) is -9.23. The third-order valence-electron chi connectivity index (χ3n) is 3.04. The zero-order chi connectivity index (χ0) is 31.0. The van der Waals surface area contributed by atoms with Crippen LogP contribution in [0.4, 0.5) is 0 Å². The standard InChI is InChI=1S/C6H7O7.3C5H11NO2.4Na/c7-3(8)1-6(13,5(11)12)2-4(9)10;3*1-6(2,3)4-5(7)8;;;;/h1-2H2,(H,7,8)(H,9,10)(H,11,12);3*4H2,1-3H3;;;;/q-1;;;;4*+1/p-3. The van der Waals surface area contributed by atoms with Crippen LogP contribution in [0.2, 0.25) is 0 Å². The van der Waals surface area contributed by atoms with Crippen LogP contribution >= 0.6 is 0 Å². The molecule has 0 atom stereocenters. The van der Waals surface area contributed by atoms with E-state index in [1.54, 1.807) is 63.4 Å². The molecule has 0 aliphatic carbocycles. The van der Waals surface area contributed by atoms with Crippen LogP contribution < -0.4 is 154 Å². The fourth-order valence-electron chi connectivity index (χ4n) is 1.84. The van der Waals surface area contributed by atoms with E-state index in [1.807, 2.05) is 0 Å². The van der Waals surface area contributed by atoms with Crippen molar-refractivity contribution in [1.82, 2.24) is 0 Å². The Hall–Kier alpha value is 0.660. The Balaban J connectivity index is -0.0000000586. The Morgan fingerprint density at radius 3 is 0.659 bits per heavy atom. The van der Waals surface area contributed by atoms with Crippen molar-refractivity contribution in [3.63, 3.8) is 0 Å². The summed E-state index contributed by atoms with van der Waals surface area (Å²) in [6.45, 7) is 0.208. The van der Waals surface area contributed by atoms with Gasteiger partial charge < -0.3 is 78.0 Å². The Kier molecular flexibility index (Phi) is 41.7. The maximum Gasteiger partial charge on any atom is 1.00 e. The minimum absolute atomic E-state index is 0. The number of aliphatic carboxylic acids is 6. The molecule has 0 aromatic rings. The molecule has 0 aliphatic rings. The van der Waals surface area contributed by atoms with E-state index in [2.05, 4.69) is 0 Å². The monoisotopic (exact) mass is 631 g/mol. The molecule has 0 rings (SSSR count). The number of carboxylic acids is 6. The van der Waals surface area contributed by atoms with Gasteiger partial charge in [0.05, 0.1) is 81.3 Å². The first kappa shape index (κ1) is 60.8. The molecule has 0 bridgehead atoms. The Morgan fingerprint density at radius 2 is 0.610 bits per heavy atom. The summed E-state index contributed by atoms with van der Waals surface area (Å²) < 4.78 is 1.26. The third-order valence-corrected chi connectivity index (χ3v) is 3.04. The average molecular weight is 631 g/mol. The zero-order valence-corrected chi connectivity index (χ0v) is 34.7. The van der Waals surface area contributed by atoms with E-state index in [9.17, 15) is 64.5 Å². The molecular formula is C21H37N3Na4O13. The number of carbonyl (C=O) groups is 6. The summed E-state index contributed by atoms with van der Waals surface area (Å²) in [4.78, 5) is 59.5. The molecule has 0 heterocycles. The molecule has 0 aliphatic heterocycles. The molecule has 41 heavy (non-hydrogen) atoms. The number of hydrogen-bond acceptors (Lipinski definition) is 13. The third kappa shape index (κ3) is 60.6. The predicted octanol–water partition coefficient (Wildman–Crippen LogP) is -22.5. The number of nitrogens with zero attached hydrogens (tertiary/aromatic N) is 3. The molecule has 0 amide bonds. The summed E-state index contributed by atoms with van der Waals surface area (Å²) >= 11 is 0. The molecule has 0 radical (unpaired) electrons. The summed E-state index contributed by atoms with van der Waals surface area (Å²) in [5.41, 5.74) is -3.22. The molecule has 0 saturated heterocycles. The molecular weight excluding hydrogens is 594 g/mol. The van der Waals surface area contributed by atoms with Gasteiger partial charge in [0.25, 0.3) is 0 Å². The molecule has 0 aromatic heterocycles. The van der Waals surface area contributed by atoms with Crippen molar-refractivity contribution in [2.75, 3.05) is 83.1 Å². The van der Waals surface area contributed by atoms with Crippen LogP contribution in [0.25, 0.3) is 0 Å². The van der Waals surface area contributed by atoms with Crippen LogP contribution in [-0.4, -0.2) is 138 Å². The quantitative estimate of drug-likeness (QED) is 0.152. The average Bonchev–Trinajstić information content (AvgIpc) is 2.46. The molecule has 0 aromatic carbocycles. The van der Waals surface area contributed by atoms with Gasteiger partial charge in [0.1, 0.15) is 19.6 Å². The van der Waals surface area contributed by atoms with Crippen LogP contribution in [0.15, 0.2) is 0 Å². The molecule has 0 unspecified atom stereocenters. The van der Waals surface area contributed by atoms with Gasteiger partial charge in [-0.05, 0) is 12.8 Å². The SMILES string of the molecule is C[N+](C)(C)CC(=O)[O-].C[N+](C)(C)CC(=O)[O-].C[N+](C)(C)CC(=O)[O-].O=C([O-])CC([O-])(CC(=O)[O-])C(=O)[O-].[Na+].[Na+].[Na+].[Na+]. The van der Waals surface area contributed by atoms with Gasteiger partial charge in [-0.25, -0.2) is 0 Å². The fraction of sp³-hybridized carbons (Fsp3) is 0.714. The van der Waals surface area contributed by atoms with Crippen molar-refractivity contribution >= 4 is 35.8 Å². The van der Waals surface area contributed by atoms with Gasteiger partial charge in [-0.1, -0.05) is 5.60 Å². The van der Waals surface area contributed by atoms with Crippen molar-refractivity contribution in [3.05, 3.63) is 0 Å². The maximum absolute atomic E-state index is 10.9. The Labute approximate surface area is 329 Å². The van der Waals surface area contributed by atoms with Crippen molar-refractivity contribution in [2.24, 2.45) is 0 Å². The van der Waals surface area contributed by atoms with Crippen LogP contribution in [-0.2, 0) is 28.8 Å². The number of quaternary nitrogens is 3. The van der Waals surface area contributed by atoms with Gasteiger partial charge >= 0.3 is 118 Å². The van der Waals surface area contributed by atoms with E-state index in [0.717, 1.165) is 0 Å². The van der Waals surface area contributed by atoms with E-state index >= 15 is 0 Å². The smallest absolute Gasteiger partial charge is 0.845 e. The molecule has 0 spiro atoms. The van der Waals surface area contributed by atoms with Crippen molar-refractivity contribution in [3.8, 4) is 0 Å². The van der Waals surface area contributed by atoms with Gasteiger partial charge in [0.2, 0.25) is 0 Å². The molecule has 20 heteroatoms. The van der Waals surface area contributed by atoms with E-state index in [4.69, 9.17) is 0 Å². The summed E-state index contributed by atoms with van der Waals surface area (Å²) in [6, 6.07) is 0. The fourth-order valence-corrected chi connectivity index (χ4v) is 1.84. The van der Waals surface area contributed by atoms with E-state index in [-0.39, 0.29) is 138 Å². The molecule has 0 fully saturated rings. The van der Waals surface area contributed by atoms with Gasteiger partial charge in [-0.3, -0.25) is 0 Å². The van der Waals surface area contributed by atoms with Crippen molar-refractivity contribution < 1.29 is 196 Å². The van der Waals surface area contributed by atoms with Crippen LogP contribution in [0.1, 0.15) is 12.8 Å². The summed E-state index contributed by atoms with van der Waals surface area (Å²) in [5, 5.41) is 70.4. The first-order chi connectivity index (χ1) is 16.0. The topological polar surface area (TPSA) is 264 Å². The molecule has 16 nitrogen and oxygen atoms in total. The second-order valence-electron chi connectivity index (χ2n) is 10.8. The zero-order valence-electron chi connectivity index (χ0n) is 26.7. The van der Waals surface area contributed by atoms with Gasteiger partial charge in [0.15, 0.2) is 0 Å². The normalized spacial score (nSPS) is 10.1. The van der Waals surface area contributed by atoms with E-state index in [0.29, 0.717) is 13.4 Å². The Bertz CT molecular complexity index is 717. The second kappa shape index (κ2) is 28.2. The number of rotatable bonds is 11. The van der Waals surface area contributed by atoms with E-state index < -0.39 is 54.3 Å². The maximum atomic E-state index is 10.9. The number of hydrogen-bond donors (Lipinski definition) is 0.